The lowest BCUT2D eigenvalue weighted by Crippen LogP contribution is -2.49. The van der Waals surface area contributed by atoms with Gasteiger partial charge >= 0.3 is 0 Å². The molecule has 1 heterocycles. The summed E-state index contributed by atoms with van der Waals surface area (Å²) in [6.07, 6.45) is 0.433. The zero-order valence-corrected chi connectivity index (χ0v) is 9.21. The van der Waals surface area contributed by atoms with E-state index in [0.717, 1.165) is 5.56 Å². The monoisotopic (exact) mass is 224 g/mol. The topological polar surface area (TPSA) is 41.1 Å². The van der Waals surface area contributed by atoms with Gasteiger partial charge < -0.3 is 5.32 Å². The quantitative estimate of drug-likeness (QED) is 0.764. The summed E-state index contributed by atoms with van der Waals surface area (Å²) in [5.41, 5.74) is 1.03. The van der Waals surface area contributed by atoms with Crippen LogP contribution in [-0.2, 0) is 4.79 Å². The predicted molar refractivity (Wildman–Crippen MR) is 59.6 cm³/mol. The molecule has 0 saturated carbocycles. The number of hydrogen-bond donors (Lipinski definition) is 2. The lowest BCUT2D eigenvalue weighted by Gasteiger charge is -2.29. The molecular weight excluding hydrogens is 212 g/mol. The van der Waals surface area contributed by atoms with Gasteiger partial charge in [0.05, 0.1) is 0 Å². The second kappa shape index (κ2) is 4.21. The van der Waals surface area contributed by atoms with E-state index < -0.39 is 0 Å². The van der Waals surface area contributed by atoms with Crippen molar-refractivity contribution in [3.05, 3.63) is 34.9 Å². The van der Waals surface area contributed by atoms with Crippen molar-refractivity contribution in [2.45, 2.75) is 25.6 Å². The third-order valence-electron chi connectivity index (χ3n) is 2.45. The van der Waals surface area contributed by atoms with E-state index in [-0.39, 0.29) is 18.1 Å². The Bertz CT molecular complexity index is 363. The van der Waals surface area contributed by atoms with Gasteiger partial charge in [-0.25, -0.2) is 0 Å². The Labute approximate surface area is 93.8 Å². The van der Waals surface area contributed by atoms with Gasteiger partial charge in [0.15, 0.2) is 0 Å². The first-order valence-electron chi connectivity index (χ1n) is 4.96. The van der Waals surface area contributed by atoms with Crippen LogP contribution in [0.2, 0.25) is 5.02 Å². The van der Waals surface area contributed by atoms with Crippen molar-refractivity contribution < 1.29 is 4.79 Å². The van der Waals surface area contributed by atoms with E-state index in [1.165, 1.54) is 0 Å². The molecule has 80 valence electrons. The molecule has 2 N–H and O–H groups in total. The molecule has 2 unspecified atom stereocenters. The fourth-order valence-electron chi connectivity index (χ4n) is 1.72. The normalized spacial score (nSPS) is 26.1. The molecule has 4 heteroatoms. The average Bonchev–Trinajstić information content (AvgIpc) is 2.17. The first kappa shape index (κ1) is 10.5. The molecular formula is C11H13ClN2O. The van der Waals surface area contributed by atoms with Crippen LogP contribution in [0, 0.1) is 0 Å². The van der Waals surface area contributed by atoms with Crippen molar-refractivity contribution in [1.29, 1.82) is 0 Å². The number of carbonyl (C=O) groups excluding carboxylic acids is 1. The molecule has 0 aliphatic carbocycles. The van der Waals surface area contributed by atoms with Crippen LogP contribution in [0.5, 0.6) is 0 Å². The Kier molecular flexibility index (Phi) is 2.93. The first-order chi connectivity index (χ1) is 7.15. The maximum absolute atomic E-state index is 11.3. The minimum absolute atomic E-state index is 0.0844. The maximum atomic E-state index is 11.3. The molecule has 1 aliphatic rings. The van der Waals surface area contributed by atoms with Gasteiger partial charge in [-0.2, -0.15) is 0 Å². The third-order valence-corrected chi connectivity index (χ3v) is 2.70. The summed E-state index contributed by atoms with van der Waals surface area (Å²) in [6, 6.07) is 7.68. The van der Waals surface area contributed by atoms with Crippen molar-refractivity contribution in [2.24, 2.45) is 0 Å². The van der Waals surface area contributed by atoms with E-state index >= 15 is 0 Å². The second-order valence-corrected chi connectivity index (χ2v) is 4.26. The highest BCUT2D eigenvalue weighted by Gasteiger charge is 2.23. The van der Waals surface area contributed by atoms with Gasteiger partial charge in [0, 0.05) is 17.5 Å². The van der Waals surface area contributed by atoms with E-state index in [2.05, 4.69) is 10.6 Å². The molecule has 0 spiro atoms. The Morgan fingerprint density at radius 1 is 1.33 bits per heavy atom. The Morgan fingerprint density at radius 2 is 2.00 bits per heavy atom. The summed E-state index contributed by atoms with van der Waals surface area (Å²) in [5, 5.41) is 6.90. The molecule has 15 heavy (non-hydrogen) atoms. The maximum Gasteiger partial charge on any atom is 0.223 e. The zero-order valence-electron chi connectivity index (χ0n) is 8.46. The number of benzene rings is 1. The summed E-state index contributed by atoms with van der Waals surface area (Å²) in [7, 11) is 0. The fourth-order valence-corrected chi connectivity index (χ4v) is 1.84. The molecule has 3 nitrogen and oxygen atoms in total. The van der Waals surface area contributed by atoms with E-state index in [0.29, 0.717) is 11.4 Å². The highest BCUT2D eigenvalue weighted by molar-refractivity contribution is 6.30. The zero-order chi connectivity index (χ0) is 10.8. The number of halogens is 1. The van der Waals surface area contributed by atoms with Crippen LogP contribution in [0.15, 0.2) is 24.3 Å². The van der Waals surface area contributed by atoms with E-state index in [4.69, 9.17) is 11.6 Å². The standard InChI is InChI=1S/C11H13ClN2O/c1-7-6-10(15)14-11(13-7)8-2-4-9(12)5-3-8/h2-5,7,11,13H,6H2,1H3,(H,14,15). The molecule has 2 atom stereocenters. The number of hydrogen-bond acceptors (Lipinski definition) is 2. The lowest BCUT2D eigenvalue weighted by molar-refractivity contribution is -0.124. The molecule has 1 aromatic carbocycles. The van der Waals surface area contributed by atoms with Crippen LogP contribution in [0.25, 0.3) is 0 Å². The number of carbonyl (C=O) groups is 1. The first-order valence-corrected chi connectivity index (χ1v) is 5.34. The molecule has 1 saturated heterocycles. The molecule has 2 rings (SSSR count). The number of nitrogens with one attached hydrogen (secondary N) is 2. The summed E-state index contributed by atoms with van der Waals surface area (Å²) in [5.74, 6) is 0.0844. The minimum Gasteiger partial charge on any atom is -0.337 e. The Morgan fingerprint density at radius 3 is 2.60 bits per heavy atom. The summed E-state index contributed by atoms with van der Waals surface area (Å²) >= 11 is 5.80. The summed E-state index contributed by atoms with van der Waals surface area (Å²) < 4.78 is 0. The summed E-state index contributed by atoms with van der Waals surface area (Å²) in [6.45, 7) is 2.00. The molecule has 0 bridgehead atoms. The number of rotatable bonds is 1. The highest BCUT2D eigenvalue weighted by Crippen LogP contribution is 2.17. The molecule has 1 fully saturated rings. The van der Waals surface area contributed by atoms with Gasteiger partial charge in [-0.1, -0.05) is 23.7 Å². The number of amides is 1. The van der Waals surface area contributed by atoms with Crippen LogP contribution < -0.4 is 10.6 Å². The van der Waals surface area contributed by atoms with Crippen LogP contribution in [-0.4, -0.2) is 11.9 Å². The van der Waals surface area contributed by atoms with Gasteiger partial charge in [-0.05, 0) is 24.6 Å². The van der Waals surface area contributed by atoms with Crippen LogP contribution in [0.1, 0.15) is 25.1 Å². The molecule has 0 aromatic heterocycles. The predicted octanol–water partition coefficient (Wildman–Crippen LogP) is 1.84. The van der Waals surface area contributed by atoms with Crippen molar-refractivity contribution >= 4 is 17.5 Å². The lowest BCUT2D eigenvalue weighted by atomic mass is 10.1. The summed E-state index contributed by atoms with van der Waals surface area (Å²) in [4.78, 5) is 11.3. The average molecular weight is 225 g/mol. The van der Waals surface area contributed by atoms with Crippen LogP contribution in [0.4, 0.5) is 0 Å². The molecule has 1 aromatic rings. The van der Waals surface area contributed by atoms with E-state index in [1.807, 2.05) is 31.2 Å². The van der Waals surface area contributed by atoms with E-state index in [1.54, 1.807) is 0 Å². The Balaban J connectivity index is 2.16. The van der Waals surface area contributed by atoms with Crippen molar-refractivity contribution in [3.8, 4) is 0 Å². The third kappa shape index (κ3) is 2.49. The minimum atomic E-state index is -0.0986. The van der Waals surface area contributed by atoms with Crippen molar-refractivity contribution in [1.82, 2.24) is 10.6 Å². The van der Waals surface area contributed by atoms with Gasteiger partial charge in [0.2, 0.25) is 5.91 Å². The van der Waals surface area contributed by atoms with Crippen molar-refractivity contribution in [3.63, 3.8) is 0 Å². The molecule has 1 amide bonds. The largest absolute Gasteiger partial charge is 0.337 e. The van der Waals surface area contributed by atoms with Crippen LogP contribution >= 0.6 is 11.6 Å². The molecule has 0 radical (unpaired) electrons. The second-order valence-electron chi connectivity index (χ2n) is 3.82. The van der Waals surface area contributed by atoms with E-state index in [9.17, 15) is 4.79 Å². The highest BCUT2D eigenvalue weighted by atomic mass is 35.5. The Hall–Kier alpha value is -1.06. The van der Waals surface area contributed by atoms with Gasteiger partial charge in [-0.15, -0.1) is 0 Å². The smallest absolute Gasteiger partial charge is 0.223 e. The van der Waals surface area contributed by atoms with Gasteiger partial charge in [0.25, 0.3) is 0 Å². The SMILES string of the molecule is CC1CC(=O)NC(c2ccc(Cl)cc2)N1. The van der Waals surface area contributed by atoms with Crippen LogP contribution in [0.3, 0.4) is 0 Å². The van der Waals surface area contributed by atoms with Crippen molar-refractivity contribution in [2.75, 3.05) is 0 Å². The van der Waals surface area contributed by atoms with Gasteiger partial charge in [0.1, 0.15) is 6.17 Å². The fraction of sp³-hybridized carbons (Fsp3) is 0.364. The van der Waals surface area contributed by atoms with Gasteiger partial charge in [-0.3, -0.25) is 10.1 Å². The molecule has 1 aliphatic heterocycles.